The zero-order chi connectivity index (χ0) is 23.4. The quantitative estimate of drug-likeness (QED) is 0.609. The van der Waals surface area contributed by atoms with Crippen molar-refractivity contribution in [3.05, 3.63) is 65.2 Å². The van der Waals surface area contributed by atoms with Gasteiger partial charge in [0.25, 0.3) is 5.91 Å². The van der Waals surface area contributed by atoms with Gasteiger partial charge in [0.05, 0.1) is 23.9 Å². The minimum atomic E-state index is -4.39. The fourth-order valence-electron chi connectivity index (χ4n) is 3.38. The minimum absolute atomic E-state index is 0.0705. The van der Waals surface area contributed by atoms with Crippen LogP contribution in [0.4, 0.5) is 24.0 Å². The van der Waals surface area contributed by atoms with Crippen molar-refractivity contribution in [2.24, 2.45) is 0 Å². The fourth-order valence-corrected chi connectivity index (χ4v) is 4.09. The Morgan fingerprint density at radius 3 is 2.61 bits per heavy atom. The van der Waals surface area contributed by atoms with Gasteiger partial charge < -0.3 is 9.80 Å². The van der Waals surface area contributed by atoms with Crippen molar-refractivity contribution < 1.29 is 22.8 Å². The first-order valence-electron chi connectivity index (χ1n) is 10.0. The predicted octanol–water partition coefficient (Wildman–Crippen LogP) is 3.10. The number of nitrogens with one attached hydrogen (secondary N) is 1. The molecule has 4 rings (SSSR count). The molecule has 172 valence electrons. The first-order valence-corrected chi connectivity index (χ1v) is 10.9. The molecule has 0 bridgehead atoms. The molecule has 0 atom stereocenters. The first kappa shape index (κ1) is 22.6. The average Bonchev–Trinajstić information content (AvgIpc) is 3.25. The first-order chi connectivity index (χ1) is 15.8. The molecule has 1 aliphatic rings. The molecule has 2 aromatic heterocycles. The number of piperazine rings is 1. The highest BCUT2D eigenvalue weighted by molar-refractivity contribution is 7.14. The molecule has 0 saturated carbocycles. The van der Waals surface area contributed by atoms with Gasteiger partial charge in [-0.15, -0.1) is 11.3 Å². The Balaban J connectivity index is 1.30. The van der Waals surface area contributed by atoms with E-state index in [1.54, 1.807) is 16.3 Å². The number of halogens is 3. The Bertz CT molecular complexity index is 1130. The van der Waals surface area contributed by atoms with Crippen molar-refractivity contribution in [1.82, 2.24) is 19.9 Å². The molecule has 0 spiro atoms. The van der Waals surface area contributed by atoms with Crippen LogP contribution in [0.15, 0.2) is 48.2 Å². The van der Waals surface area contributed by atoms with E-state index in [4.69, 9.17) is 0 Å². The van der Waals surface area contributed by atoms with E-state index in [2.05, 4.69) is 20.3 Å². The van der Waals surface area contributed by atoms with Gasteiger partial charge in [0, 0.05) is 49.6 Å². The van der Waals surface area contributed by atoms with E-state index in [9.17, 15) is 22.8 Å². The standard InChI is InChI=1S/C21H19F3N6O2S/c22-21(23,24)14-2-1-3-16(10-14)29-6-8-30(9-7-29)18(31)11-15-13-33-20(27-15)28-19(32)17-12-25-4-5-26-17/h1-5,10,12-13H,6-9,11H2,(H,27,28,32). The lowest BCUT2D eigenvalue weighted by molar-refractivity contribution is -0.137. The van der Waals surface area contributed by atoms with Gasteiger partial charge in [0.2, 0.25) is 5.91 Å². The molecular formula is C21H19F3N6O2S. The molecular weight excluding hydrogens is 457 g/mol. The molecule has 1 aromatic carbocycles. The monoisotopic (exact) mass is 476 g/mol. The molecule has 3 aromatic rings. The van der Waals surface area contributed by atoms with Crippen LogP contribution >= 0.6 is 11.3 Å². The molecule has 8 nitrogen and oxygen atoms in total. The Morgan fingerprint density at radius 2 is 1.91 bits per heavy atom. The van der Waals surface area contributed by atoms with E-state index >= 15 is 0 Å². The largest absolute Gasteiger partial charge is 0.416 e. The second-order valence-corrected chi connectivity index (χ2v) is 8.14. The molecule has 1 N–H and O–H groups in total. The number of thiazole rings is 1. The number of carbonyl (C=O) groups excluding carboxylic acids is 2. The number of carbonyl (C=O) groups is 2. The van der Waals surface area contributed by atoms with Gasteiger partial charge >= 0.3 is 6.18 Å². The van der Waals surface area contributed by atoms with E-state index in [1.807, 2.05) is 4.90 Å². The molecule has 2 amide bonds. The minimum Gasteiger partial charge on any atom is -0.368 e. The van der Waals surface area contributed by atoms with Crippen molar-refractivity contribution in [3.8, 4) is 0 Å². The van der Waals surface area contributed by atoms with Gasteiger partial charge in [-0.3, -0.25) is 19.9 Å². The van der Waals surface area contributed by atoms with Crippen LogP contribution in [0.1, 0.15) is 21.7 Å². The van der Waals surface area contributed by atoms with Crippen molar-refractivity contribution in [2.45, 2.75) is 12.6 Å². The number of hydrogen-bond donors (Lipinski definition) is 1. The van der Waals surface area contributed by atoms with Crippen LogP contribution in [-0.2, 0) is 17.4 Å². The van der Waals surface area contributed by atoms with Crippen LogP contribution in [0.3, 0.4) is 0 Å². The topological polar surface area (TPSA) is 91.3 Å². The third-order valence-corrected chi connectivity index (χ3v) is 5.88. The molecule has 0 radical (unpaired) electrons. The van der Waals surface area contributed by atoms with Crippen LogP contribution in [0.2, 0.25) is 0 Å². The summed E-state index contributed by atoms with van der Waals surface area (Å²) in [5.41, 5.74) is 0.480. The number of aromatic nitrogens is 3. The third-order valence-electron chi connectivity index (χ3n) is 5.07. The van der Waals surface area contributed by atoms with Gasteiger partial charge in [-0.1, -0.05) is 6.07 Å². The van der Waals surface area contributed by atoms with Crippen LogP contribution in [-0.4, -0.2) is 57.8 Å². The third kappa shape index (κ3) is 5.64. The number of benzene rings is 1. The van der Waals surface area contributed by atoms with Crippen LogP contribution in [0, 0.1) is 0 Å². The Labute approximate surface area is 191 Å². The van der Waals surface area contributed by atoms with E-state index in [-0.39, 0.29) is 18.0 Å². The van der Waals surface area contributed by atoms with Gasteiger partial charge in [-0.25, -0.2) is 9.97 Å². The highest BCUT2D eigenvalue weighted by Gasteiger charge is 2.31. The zero-order valence-electron chi connectivity index (χ0n) is 17.2. The fraction of sp³-hybridized carbons (Fsp3) is 0.286. The summed E-state index contributed by atoms with van der Waals surface area (Å²) in [6.45, 7) is 1.66. The SMILES string of the molecule is O=C(Nc1nc(CC(=O)N2CCN(c3cccc(C(F)(F)F)c3)CC2)cs1)c1cnccn1. The molecule has 0 aliphatic carbocycles. The summed E-state index contributed by atoms with van der Waals surface area (Å²) in [5, 5.41) is 4.67. The summed E-state index contributed by atoms with van der Waals surface area (Å²) in [4.78, 5) is 40.3. The molecule has 1 fully saturated rings. The predicted molar refractivity (Wildman–Crippen MR) is 116 cm³/mol. The zero-order valence-corrected chi connectivity index (χ0v) is 18.1. The van der Waals surface area contributed by atoms with Gasteiger partial charge in [-0.05, 0) is 18.2 Å². The molecule has 1 aliphatic heterocycles. The van der Waals surface area contributed by atoms with E-state index in [0.29, 0.717) is 42.7 Å². The highest BCUT2D eigenvalue weighted by atomic mass is 32.1. The maximum absolute atomic E-state index is 13.0. The van der Waals surface area contributed by atoms with Crippen molar-refractivity contribution in [3.63, 3.8) is 0 Å². The molecule has 12 heteroatoms. The normalized spacial score (nSPS) is 14.3. The summed E-state index contributed by atoms with van der Waals surface area (Å²) < 4.78 is 38.9. The summed E-state index contributed by atoms with van der Waals surface area (Å²) in [5.74, 6) is -0.572. The number of alkyl halides is 3. The molecule has 0 unspecified atom stereocenters. The van der Waals surface area contributed by atoms with Gasteiger partial charge in [-0.2, -0.15) is 13.2 Å². The van der Waals surface area contributed by atoms with Gasteiger partial charge in [0.15, 0.2) is 5.13 Å². The average molecular weight is 476 g/mol. The second-order valence-electron chi connectivity index (χ2n) is 7.28. The van der Waals surface area contributed by atoms with Crippen LogP contribution in [0.5, 0.6) is 0 Å². The van der Waals surface area contributed by atoms with Crippen molar-refractivity contribution in [1.29, 1.82) is 0 Å². The summed E-state index contributed by atoms with van der Waals surface area (Å²) in [6, 6.07) is 5.20. The molecule has 33 heavy (non-hydrogen) atoms. The number of nitrogens with zero attached hydrogens (tertiary/aromatic N) is 5. The number of amides is 2. The smallest absolute Gasteiger partial charge is 0.368 e. The van der Waals surface area contributed by atoms with Crippen molar-refractivity contribution >= 4 is 34.0 Å². The summed E-state index contributed by atoms with van der Waals surface area (Å²) in [6.07, 6.45) is -0.113. The van der Waals surface area contributed by atoms with E-state index in [1.165, 1.54) is 36.0 Å². The lowest BCUT2D eigenvalue weighted by Crippen LogP contribution is -2.49. The Morgan fingerprint density at radius 1 is 1.12 bits per heavy atom. The number of rotatable bonds is 5. The number of anilines is 2. The van der Waals surface area contributed by atoms with E-state index < -0.39 is 17.6 Å². The summed E-state index contributed by atoms with van der Waals surface area (Å²) in [7, 11) is 0. The maximum Gasteiger partial charge on any atom is 0.416 e. The highest BCUT2D eigenvalue weighted by Crippen LogP contribution is 2.32. The van der Waals surface area contributed by atoms with Gasteiger partial charge in [0.1, 0.15) is 5.69 Å². The van der Waals surface area contributed by atoms with Crippen LogP contribution < -0.4 is 10.2 Å². The second kappa shape index (κ2) is 9.53. The van der Waals surface area contributed by atoms with E-state index in [0.717, 1.165) is 12.1 Å². The van der Waals surface area contributed by atoms with Crippen molar-refractivity contribution in [2.75, 3.05) is 36.4 Å². The number of hydrogen-bond acceptors (Lipinski definition) is 7. The molecule has 3 heterocycles. The molecule has 1 saturated heterocycles. The summed E-state index contributed by atoms with van der Waals surface area (Å²) >= 11 is 1.20. The maximum atomic E-state index is 13.0. The lowest BCUT2D eigenvalue weighted by Gasteiger charge is -2.36. The lowest BCUT2D eigenvalue weighted by atomic mass is 10.1. The Kier molecular flexibility index (Phi) is 6.54. The Hall–Kier alpha value is -3.54. The van der Waals surface area contributed by atoms with Crippen LogP contribution in [0.25, 0.3) is 0 Å².